The van der Waals surface area contributed by atoms with Gasteiger partial charge in [-0.15, -0.1) is 11.3 Å². The number of amides is 2. The van der Waals surface area contributed by atoms with E-state index in [-0.39, 0.29) is 11.6 Å². The van der Waals surface area contributed by atoms with E-state index in [2.05, 4.69) is 10.3 Å². The molecule has 1 atom stereocenters. The van der Waals surface area contributed by atoms with Crippen molar-refractivity contribution in [1.82, 2.24) is 9.88 Å². The molecule has 1 fully saturated rings. The van der Waals surface area contributed by atoms with Gasteiger partial charge in [0.2, 0.25) is 5.91 Å². The molecule has 0 aliphatic carbocycles. The lowest BCUT2D eigenvalue weighted by Gasteiger charge is -2.32. The smallest absolute Gasteiger partial charge is 0.326 e. The number of aliphatic carboxylic acids is 1. The first kappa shape index (κ1) is 14.4. The second kappa shape index (κ2) is 6.00. The van der Waals surface area contributed by atoms with Crippen LogP contribution in [-0.2, 0) is 9.59 Å². The van der Waals surface area contributed by atoms with E-state index >= 15 is 0 Å². The number of aromatic nitrogens is 1. The molecule has 0 spiro atoms. The maximum Gasteiger partial charge on any atom is 0.326 e. The monoisotopic (exact) mass is 297 g/mol. The second-order valence-electron chi connectivity index (χ2n) is 4.57. The summed E-state index contributed by atoms with van der Waals surface area (Å²) in [7, 11) is 0. The third-order valence-electron chi connectivity index (χ3n) is 3.05. The molecule has 8 heteroatoms. The highest BCUT2D eigenvalue weighted by molar-refractivity contribution is 7.14. The van der Waals surface area contributed by atoms with Gasteiger partial charge in [0.05, 0.1) is 0 Å². The Morgan fingerprint density at radius 3 is 2.85 bits per heavy atom. The van der Waals surface area contributed by atoms with Crippen LogP contribution in [0.1, 0.15) is 36.7 Å². The highest BCUT2D eigenvalue weighted by Gasteiger charge is 2.33. The van der Waals surface area contributed by atoms with Crippen molar-refractivity contribution >= 4 is 34.3 Å². The van der Waals surface area contributed by atoms with Crippen LogP contribution in [0.2, 0.25) is 0 Å². The van der Waals surface area contributed by atoms with Gasteiger partial charge in [-0.25, -0.2) is 9.78 Å². The molecule has 1 aliphatic rings. The van der Waals surface area contributed by atoms with Crippen molar-refractivity contribution in [3.63, 3.8) is 0 Å². The lowest BCUT2D eigenvalue weighted by Crippen LogP contribution is -2.48. The van der Waals surface area contributed by atoms with E-state index in [1.54, 1.807) is 0 Å². The zero-order valence-corrected chi connectivity index (χ0v) is 11.8. The fourth-order valence-electron chi connectivity index (χ4n) is 2.16. The summed E-state index contributed by atoms with van der Waals surface area (Å²) in [5, 5.41) is 13.5. The van der Waals surface area contributed by atoms with Crippen molar-refractivity contribution in [2.24, 2.45) is 0 Å². The van der Waals surface area contributed by atoms with E-state index < -0.39 is 17.9 Å². The van der Waals surface area contributed by atoms with Gasteiger partial charge in [0.15, 0.2) is 5.13 Å². The topological polar surface area (TPSA) is 99.6 Å². The zero-order chi connectivity index (χ0) is 14.7. The molecule has 2 N–H and O–H groups in total. The molecule has 0 unspecified atom stereocenters. The van der Waals surface area contributed by atoms with Crippen LogP contribution in [0.15, 0.2) is 5.38 Å². The Hall–Kier alpha value is -1.96. The summed E-state index contributed by atoms with van der Waals surface area (Å²) in [6.45, 7) is 1.77. The molecule has 2 heterocycles. The molecule has 1 aromatic rings. The number of anilines is 1. The van der Waals surface area contributed by atoms with Crippen molar-refractivity contribution < 1.29 is 19.5 Å². The normalized spacial score (nSPS) is 18.6. The average Bonchev–Trinajstić information content (AvgIpc) is 2.85. The second-order valence-corrected chi connectivity index (χ2v) is 5.43. The van der Waals surface area contributed by atoms with Crippen LogP contribution in [0.3, 0.4) is 0 Å². The molecule has 1 aliphatic heterocycles. The number of carbonyl (C=O) groups is 3. The van der Waals surface area contributed by atoms with Crippen molar-refractivity contribution in [3.05, 3.63) is 11.1 Å². The van der Waals surface area contributed by atoms with E-state index in [0.29, 0.717) is 18.1 Å². The molecule has 2 amide bonds. The zero-order valence-electron chi connectivity index (χ0n) is 11.0. The minimum Gasteiger partial charge on any atom is -0.480 e. The largest absolute Gasteiger partial charge is 0.480 e. The predicted octanol–water partition coefficient (Wildman–Crippen LogP) is 1.18. The predicted molar refractivity (Wildman–Crippen MR) is 72.7 cm³/mol. The fourth-order valence-corrected chi connectivity index (χ4v) is 2.89. The third kappa shape index (κ3) is 3.13. The summed E-state index contributed by atoms with van der Waals surface area (Å²) in [5.41, 5.74) is 0.173. The average molecular weight is 297 g/mol. The Bertz CT molecular complexity index is 543. The Balaban J connectivity index is 2.14. The van der Waals surface area contributed by atoms with Gasteiger partial charge < -0.3 is 15.3 Å². The van der Waals surface area contributed by atoms with Crippen LogP contribution < -0.4 is 5.32 Å². The fraction of sp³-hybridized carbons (Fsp3) is 0.500. The number of hydrogen-bond acceptors (Lipinski definition) is 5. The molecular weight excluding hydrogens is 282 g/mol. The van der Waals surface area contributed by atoms with Gasteiger partial charge in [-0.3, -0.25) is 9.59 Å². The number of hydrogen-bond donors (Lipinski definition) is 2. The van der Waals surface area contributed by atoms with E-state index in [9.17, 15) is 14.4 Å². The first-order valence-corrected chi connectivity index (χ1v) is 7.14. The van der Waals surface area contributed by atoms with Gasteiger partial charge in [0, 0.05) is 18.8 Å². The third-order valence-corrected chi connectivity index (χ3v) is 3.81. The van der Waals surface area contributed by atoms with Gasteiger partial charge in [-0.1, -0.05) is 0 Å². The molecule has 7 nitrogen and oxygen atoms in total. The van der Waals surface area contributed by atoms with E-state index in [1.165, 1.54) is 17.2 Å². The molecule has 0 radical (unpaired) electrons. The molecular formula is C12H15N3O4S. The van der Waals surface area contributed by atoms with Crippen LogP contribution in [-0.4, -0.2) is 45.4 Å². The SMILES string of the molecule is CC(=O)Nc1nc(C(=O)N2CCCC[C@@H]2C(=O)O)cs1. The Labute approximate surface area is 119 Å². The summed E-state index contributed by atoms with van der Waals surface area (Å²) < 4.78 is 0. The number of thiazole rings is 1. The van der Waals surface area contributed by atoms with Crippen molar-refractivity contribution in [2.45, 2.75) is 32.2 Å². The van der Waals surface area contributed by atoms with Crippen molar-refractivity contribution in [3.8, 4) is 0 Å². The van der Waals surface area contributed by atoms with Crippen LogP contribution in [0, 0.1) is 0 Å². The number of nitrogens with one attached hydrogen (secondary N) is 1. The van der Waals surface area contributed by atoms with Crippen molar-refractivity contribution in [1.29, 1.82) is 0 Å². The number of rotatable bonds is 3. The molecule has 2 rings (SSSR count). The quantitative estimate of drug-likeness (QED) is 0.872. The van der Waals surface area contributed by atoms with Gasteiger partial charge in [-0.05, 0) is 19.3 Å². The number of piperidine rings is 1. The maximum absolute atomic E-state index is 12.3. The van der Waals surface area contributed by atoms with Crippen molar-refractivity contribution in [2.75, 3.05) is 11.9 Å². The summed E-state index contributed by atoms with van der Waals surface area (Å²) in [5.74, 6) is -1.65. The molecule has 1 saturated heterocycles. The summed E-state index contributed by atoms with van der Waals surface area (Å²) >= 11 is 1.14. The standard InChI is InChI=1S/C12H15N3O4S/c1-7(16)13-12-14-8(6-20-12)10(17)15-5-3-2-4-9(15)11(18)19/h6,9H,2-5H2,1H3,(H,18,19)(H,13,14,16)/t9-/m1/s1. The number of nitrogens with zero attached hydrogens (tertiary/aromatic N) is 2. The number of carbonyl (C=O) groups excluding carboxylic acids is 2. The van der Waals surface area contributed by atoms with Crippen LogP contribution in [0.25, 0.3) is 0 Å². The lowest BCUT2D eigenvalue weighted by molar-refractivity contribution is -0.143. The number of carboxylic acids is 1. The minimum absolute atomic E-state index is 0.173. The maximum atomic E-state index is 12.3. The van der Waals surface area contributed by atoms with Crippen LogP contribution in [0.4, 0.5) is 5.13 Å². The first-order chi connectivity index (χ1) is 9.49. The summed E-state index contributed by atoms with van der Waals surface area (Å²) in [4.78, 5) is 39.8. The molecule has 1 aromatic heterocycles. The van der Waals surface area contributed by atoms with E-state index in [0.717, 1.165) is 24.2 Å². The van der Waals surface area contributed by atoms with Gasteiger partial charge >= 0.3 is 5.97 Å². The lowest BCUT2D eigenvalue weighted by atomic mass is 10.0. The highest BCUT2D eigenvalue weighted by Crippen LogP contribution is 2.22. The Morgan fingerprint density at radius 1 is 1.45 bits per heavy atom. The van der Waals surface area contributed by atoms with Gasteiger partial charge in [-0.2, -0.15) is 0 Å². The summed E-state index contributed by atoms with van der Waals surface area (Å²) in [6, 6.07) is -0.790. The number of likely N-dealkylation sites (tertiary alicyclic amines) is 1. The van der Waals surface area contributed by atoms with Gasteiger partial charge in [0.25, 0.3) is 5.91 Å². The minimum atomic E-state index is -0.990. The van der Waals surface area contributed by atoms with E-state index in [4.69, 9.17) is 5.11 Å². The summed E-state index contributed by atoms with van der Waals surface area (Å²) in [6.07, 6.45) is 2.05. The molecule has 20 heavy (non-hydrogen) atoms. The highest BCUT2D eigenvalue weighted by atomic mass is 32.1. The Morgan fingerprint density at radius 2 is 2.20 bits per heavy atom. The Kier molecular flexibility index (Phi) is 4.33. The van der Waals surface area contributed by atoms with Gasteiger partial charge in [0.1, 0.15) is 11.7 Å². The molecule has 0 saturated carbocycles. The van der Waals surface area contributed by atoms with Crippen LogP contribution in [0.5, 0.6) is 0 Å². The first-order valence-electron chi connectivity index (χ1n) is 6.26. The molecule has 108 valence electrons. The van der Waals surface area contributed by atoms with Crippen LogP contribution >= 0.6 is 11.3 Å². The van der Waals surface area contributed by atoms with E-state index in [1.807, 2.05) is 0 Å². The number of carboxylic acid groups (broad SMARTS) is 1. The molecule has 0 bridgehead atoms. The molecule has 0 aromatic carbocycles.